The summed E-state index contributed by atoms with van der Waals surface area (Å²) in [6.45, 7) is 6.44. The third-order valence-corrected chi connectivity index (χ3v) is 5.54. The number of ether oxygens (including phenoxy) is 1. The molecule has 138 valence electrons. The molecule has 5 nitrogen and oxygen atoms in total. The number of benzene rings is 1. The molecule has 2 amide bonds. The van der Waals surface area contributed by atoms with Gasteiger partial charge in [0.05, 0.1) is 7.11 Å². The van der Waals surface area contributed by atoms with E-state index in [0.717, 1.165) is 49.4 Å². The van der Waals surface area contributed by atoms with Crippen LogP contribution in [0, 0.1) is 6.92 Å². The van der Waals surface area contributed by atoms with Crippen molar-refractivity contribution in [2.75, 3.05) is 38.6 Å². The normalized spacial score (nSPS) is 21.4. The van der Waals surface area contributed by atoms with Crippen molar-refractivity contribution >= 4 is 11.7 Å². The quantitative estimate of drug-likeness (QED) is 0.881. The van der Waals surface area contributed by atoms with Crippen LogP contribution in [0.5, 0.6) is 5.75 Å². The average molecular weight is 345 g/mol. The molecule has 0 unspecified atom stereocenters. The van der Waals surface area contributed by atoms with Crippen LogP contribution in [0.15, 0.2) is 18.2 Å². The number of nitrogens with zero attached hydrogens (tertiary/aromatic N) is 2. The van der Waals surface area contributed by atoms with Gasteiger partial charge in [-0.25, -0.2) is 4.79 Å². The summed E-state index contributed by atoms with van der Waals surface area (Å²) in [4.78, 5) is 17.4. The zero-order valence-corrected chi connectivity index (χ0v) is 15.6. The Morgan fingerprint density at radius 3 is 2.68 bits per heavy atom. The second-order valence-electron chi connectivity index (χ2n) is 7.29. The van der Waals surface area contributed by atoms with Crippen LogP contribution in [0.25, 0.3) is 0 Å². The standard InChI is InChI=1S/C20H31N3O2/c1-16-15-18(25-2)8-9-19(16)21-20(24)23-13-4-3-7-17(23)10-14-22-11-5-6-12-22/h8-9,15,17H,3-7,10-14H2,1-2H3,(H,21,24)/t17-/m0/s1. The number of aryl methyl sites for hydroxylation is 1. The lowest BCUT2D eigenvalue weighted by Gasteiger charge is -2.36. The maximum Gasteiger partial charge on any atom is 0.322 e. The first-order chi connectivity index (χ1) is 12.2. The number of carbonyl (C=O) groups excluding carboxylic acids is 1. The summed E-state index contributed by atoms with van der Waals surface area (Å²) in [5.74, 6) is 0.817. The van der Waals surface area contributed by atoms with Gasteiger partial charge in [-0.05, 0) is 82.3 Å². The van der Waals surface area contributed by atoms with E-state index >= 15 is 0 Å². The number of urea groups is 1. The molecule has 25 heavy (non-hydrogen) atoms. The molecule has 0 bridgehead atoms. The molecular weight excluding hydrogens is 314 g/mol. The van der Waals surface area contributed by atoms with E-state index in [0.29, 0.717) is 6.04 Å². The van der Waals surface area contributed by atoms with E-state index in [1.54, 1.807) is 7.11 Å². The molecule has 2 aliphatic rings. The van der Waals surface area contributed by atoms with Crippen molar-refractivity contribution in [2.45, 2.75) is 51.5 Å². The van der Waals surface area contributed by atoms with E-state index in [1.807, 2.05) is 25.1 Å². The van der Waals surface area contributed by atoms with Gasteiger partial charge >= 0.3 is 6.03 Å². The number of piperidine rings is 1. The highest BCUT2D eigenvalue weighted by Gasteiger charge is 2.27. The molecule has 1 aromatic rings. The number of likely N-dealkylation sites (tertiary alicyclic amines) is 2. The Morgan fingerprint density at radius 1 is 1.20 bits per heavy atom. The second-order valence-corrected chi connectivity index (χ2v) is 7.29. The van der Waals surface area contributed by atoms with Crippen molar-refractivity contribution in [2.24, 2.45) is 0 Å². The number of hydrogen-bond acceptors (Lipinski definition) is 3. The predicted molar refractivity (Wildman–Crippen MR) is 101 cm³/mol. The molecule has 0 aromatic heterocycles. The molecule has 5 heteroatoms. The summed E-state index contributed by atoms with van der Waals surface area (Å²) in [6, 6.07) is 6.18. The summed E-state index contributed by atoms with van der Waals surface area (Å²) in [7, 11) is 1.66. The monoisotopic (exact) mass is 345 g/mol. The molecule has 2 fully saturated rings. The van der Waals surface area contributed by atoms with Gasteiger partial charge in [0.25, 0.3) is 0 Å². The minimum atomic E-state index is 0.0411. The fraction of sp³-hybridized carbons (Fsp3) is 0.650. The van der Waals surface area contributed by atoms with Crippen molar-refractivity contribution in [3.8, 4) is 5.75 Å². The van der Waals surface area contributed by atoms with Crippen LogP contribution in [-0.2, 0) is 0 Å². The highest BCUT2D eigenvalue weighted by molar-refractivity contribution is 5.90. The third kappa shape index (κ3) is 4.66. The van der Waals surface area contributed by atoms with E-state index in [-0.39, 0.29) is 6.03 Å². The Kier molecular flexibility index (Phi) is 6.19. The van der Waals surface area contributed by atoms with Crippen molar-refractivity contribution in [1.29, 1.82) is 0 Å². The first-order valence-corrected chi connectivity index (χ1v) is 9.62. The molecule has 0 radical (unpaired) electrons. The van der Waals surface area contributed by atoms with Gasteiger partial charge in [0.15, 0.2) is 0 Å². The fourth-order valence-corrected chi connectivity index (χ4v) is 4.00. The summed E-state index contributed by atoms with van der Waals surface area (Å²) in [6.07, 6.45) is 7.21. The first kappa shape index (κ1) is 18.1. The summed E-state index contributed by atoms with van der Waals surface area (Å²) in [5, 5.41) is 3.11. The van der Waals surface area contributed by atoms with Gasteiger partial charge in [-0.1, -0.05) is 0 Å². The number of nitrogens with one attached hydrogen (secondary N) is 1. The number of hydrogen-bond donors (Lipinski definition) is 1. The largest absolute Gasteiger partial charge is 0.497 e. The smallest absolute Gasteiger partial charge is 0.322 e. The number of amides is 2. The highest BCUT2D eigenvalue weighted by Crippen LogP contribution is 2.25. The SMILES string of the molecule is COc1ccc(NC(=O)N2CCCC[C@H]2CCN2CCCC2)c(C)c1. The van der Waals surface area contributed by atoms with E-state index in [2.05, 4.69) is 15.1 Å². The Labute approximate surface area is 151 Å². The molecule has 2 aliphatic heterocycles. The van der Waals surface area contributed by atoms with Gasteiger partial charge in [-0.3, -0.25) is 0 Å². The van der Waals surface area contributed by atoms with Crippen LogP contribution in [0.3, 0.4) is 0 Å². The molecule has 1 atom stereocenters. The number of methoxy groups -OCH3 is 1. The zero-order chi connectivity index (χ0) is 17.6. The van der Waals surface area contributed by atoms with Crippen molar-refractivity contribution in [1.82, 2.24) is 9.80 Å². The molecular formula is C20H31N3O2. The van der Waals surface area contributed by atoms with Gasteiger partial charge in [0.2, 0.25) is 0 Å². The molecule has 3 rings (SSSR count). The lowest BCUT2D eigenvalue weighted by atomic mass is 9.99. The minimum Gasteiger partial charge on any atom is -0.497 e. The molecule has 0 aliphatic carbocycles. The molecule has 0 saturated carbocycles. The van der Waals surface area contributed by atoms with E-state index in [9.17, 15) is 4.79 Å². The number of carbonyl (C=O) groups is 1. The maximum atomic E-state index is 12.9. The zero-order valence-electron chi connectivity index (χ0n) is 15.6. The highest BCUT2D eigenvalue weighted by atomic mass is 16.5. The Balaban J connectivity index is 1.59. The molecule has 1 N–H and O–H groups in total. The van der Waals surface area contributed by atoms with Crippen molar-refractivity contribution in [3.05, 3.63) is 23.8 Å². The van der Waals surface area contributed by atoms with Crippen LogP contribution in [-0.4, -0.2) is 55.2 Å². The van der Waals surface area contributed by atoms with Gasteiger partial charge in [0, 0.05) is 24.8 Å². The summed E-state index contributed by atoms with van der Waals surface area (Å²) >= 11 is 0. The number of rotatable bonds is 5. The van der Waals surface area contributed by atoms with E-state index in [1.165, 1.54) is 32.4 Å². The van der Waals surface area contributed by atoms with Crippen LogP contribution in [0.4, 0.5) is 10.5 Å². The fourth-order valence-electron chi connectivity index (χ4n) is 4.00. The lowest BCUT2D eigenvalue weighted by Crippen LogP contribution is -2.47. The molecule has 1 aromatic carbocycles. The van der Waals surface area contributed by atoms with E-state index < -0.39 is 0 Å². The van der Waals surface area contributed by atoms with E-state index in [4.69, 9.17) is 4.74 Å². The van der Waals surface area contributed by atoms with Gasteiger partial charge < -0.3 is 19.9 Å². The van der Waals surface area contributed by atoms with Crippen LogP contribution in [0.2, 0.25) is 0 Å². The Hall–Kier alpha value is -1.75. The summed E-state index contributed by atoms with van der Waals surface area (Å²) < 4.78 is 5.24. The predicted octanol–water partition coefficient (Wildman–Crippen LogP) is 3.88. The van der Waals surface area contributed by atoms with Crippen LogP contribution >= 0.6 is 0 Å². The van der Waals surface area contributed by atoms with Gasteiger partial charge in [0.1, 0.15) is 5.75 Å². The minimum absolute atomic E-state index is 0.0411. The van der Waals surface area contributed by atoms with Crippen molar-refractivity contribution in [3.63, 3.8) is 0 Å². The molecule has 2 heterocycles. The van der Waals surface area contributed by atoms with Crippen LogP contribution in [0.1, 0.15) is 44.1 Å². The number of anilines is 1. The third-order valence-electron chi connectivity index (χ3n) is 5.54. The van der Waals surface area contributed by atoms with Gasteiger partial charge in [-0.15, -0.1) is 0 Å². The van der Waals surface area contributed by atoms with Gasteiger partial charge in [-0.2, -0.15) is 0 Å². The molecule has 2 saturated heterocycles. The Bertz CT molecular complexity index is 584. The second kappa shape index (κ2) is 8.56. The average Bonchev–Trinajstić information content (AvgIpc) is 3.15. The lowest BCUT2D eigenvalue weighted by molar-refractivity contribution is 0.149. The molecule has 0 spiro atoms. The maximum absolute atomic E-state index is 12.9. The van der Waals surface area contributed by atoms with Crippen molar-refractivity contribution < 1.29 is 9.53 Å². The topological polar surface area (TPSA) is 44.8 Å². The first-order valence-electron chi connectivity index (χ1n) is 9.62. The summed E-state index contributed by atoms with van der Waals surface area (Å²) in [5.41, 5.74) is 1.90. The van der Waals surface area contributed by atoms with Crippen LogP contribution < -0.4 is 10.1 Å². The Morgan fingerprint density at radius 2 is 1.96 bits per heavy atom.